The number of nitriles is 1. The van der Waals surface area contributed by atoms with Crippen LogP contribution >= 0.6 is 0 Å². The zero-order valence-electron chi connectivity index (χ0n) is 9.49. The summed E-state index contributed by atoms with van der Waals surface area (Å²) in [6.45, 7) is 4.03. The smallest absolute Gasteiger partial charge is 0.237 e. The summed E-state index contributed by atoms with van der Waals surface area (Å²) in [5.74, 6) is -0.113. The molecule has 86 valence electrons. The van der Waals surface area contributed by atoms with Gasteiger partial charge in [0, 0.05) is 6.07 Å². The van der Waals surface area contributed by atoms with Gasteiger partial charge in [0.25, 0.3) is 0 Å². The third kappa shape index (κ3) is 3.39. The first-order chi connectivity index (χ1) is 7.67. The van der Waals surface area contributed by atoms with Crippen molar-refractivity contribution in [2.45, 2.75) is 33.2 Å². The molecule has 0 fully saturated rings. The van der Waals surface area contributed by atoms with Crippen molar-refractivity contribution in [1.29, 1.82) is 5.26 Å². The van der Waals surface area contributed by atoms with E-state index in [-0.39, 0.29) is 5.91 Å². The summed E-state index contributed by atoms with van der Waals surface area (Å²) in [7, 11) is 0. The Kier molecular flexibility index (Phi) is 4.52. The molecule has 0 aliphatic heterocycles. The van der Waals surface area contributed by atoms with Crippen LogP contribution in [0.5, 0.6) is 0 Å². The lowest BCUT2D eigenvalue weighted by Gasteiger charge is -2.07. The van der Waals surface area contributed by atoms with E-state index in [4.69, 9.17) is 9.78 Å². The maximum absolute atomic E-state index is 11.6. The fourth-order valence-electron chi connectivity index (χ4n) is 1.35. The van der Waals surface area contributed by atoms with Gasteiger partial charge in [-0.05, 0) is 13.3 Å². The highest BCUT2D eigenvalue weighted by Gasteiger charge is 2.16. The number of nitrogens with zero attached hydrogens (tertiary/aromatic N) is 2. The Morgan fingerprint density at radius 2 is 2.50 bits per heavy atom. The Morgan fingerprint density at radius 1 is 1.75 bits per heavy atom. The average Bonchev–Trinajstić information content (AvgIpc) is 2.68. The normalized spacial score (nSPS) is 11.8. The number of rotatable bonds is 5. The third-order valence-electron chi connectivity index (χ3n) is 2.17. The molecule has 1 aromatic heterocycles. The Balaban J connectivity index is 2.43. The molecule has 0 bridgehead atoms. The summed E-state index contributed by atoms with van der Waals surface area (Å²) in [6.07, 6.45) is 1.40. The fourth-order valence-corrected chi connectivity index (χ4v) is 1.35. The highest BCUT2D eigenvalue weighted by atomic mass is 16.5. The summed E-state index contributed by atoms with van der Waals surface area (Å²) in [5, 5.41) is 15.2. The Morgan fingerprint density at radius 3 is 3.00 bits per heavy atom. The number of carbonyl (C=O) groups is 1. The van der Waals surface area contributed by atoms with Crippen LogP contribution in [0.2, 0.25) is 0 Å². The van der Waals surface area contributed by atoms with Gasteiger partial charge in [0.05, 0.1) is 12.6 Å². The number of amides is 1. The summed E-state index contributed by atoms with van der Waals surface area (Å²) < 4.78 is 4.86. The third-order valence-corrected chi connectivity index (χ3v) is 2.17. The van der Waals surface area contributed by atoms with Gasteiger partial charge < -0.3 is 9.84 Å². The van der Waals surface area contributed by atoms with E-state index in [0.717, 1.165) is 6.42 Å². The molecule has 1 aromatic rings. The van der Waals surface area contributed by atoms with Gasteiger partial charge in [-0.2, -0.15) is 5.26 Å². The van der Waals surface area contributed by atoms with Crippen LogP contribution in [0.15, 0.2) is 10.6 Å². The van der Waals surface area contributed by atoms with E-state index in [2.05, 4.69) is 10.5 Å². The maximum atomic E-state index is 11.6. The van der Waals surface area contributed by atoms with Crippen LogP contribution in [0.25, 0.3) is 0 Å². The molecule has 1 amide bonds. The van der Waals surface area contributed by atoms with E-state index in [9.17, 15) is 4.79 Å². The Hall–Kier alpha value is -1.83. The average molecular weight is 221 g/mol. The van der Waals surface area contributed by atoms with Gasteiger partial charge in [-0.25, -0.2) is 0 Å². The van der Waals surface area contributed by atoms with E-state index >= 15 is 0 Å². The van der Waals surface area contributed by atoms with Crippen molar-refractivity contribution in [1.82, 2.24) is 10.5 Å². The van der Waals surface area contributed by atoms with Gasteiger partial charge in [0.15, 0.2) is 0 Å². The van der Waals surface area contributed by atoms with Crippen molar-refractivity contribution < 1.29 is 9.32 Å². The Bertz CT molecular complexity index is 392. The number of aromatic nitrogens is 1. The molecule has 16 heavy (non-hydrogen) atoms. The first-order valence-electron chi connectivity index (χ1n) is 5.27. The molecule has 0 aromatic carbocycles. The first-order valence-corrected chi connectivity index (χ1v) is 5.27. The van der Waals surface area contributed by atoms with E-state index in [1.54, 1.807) is 13.0 Å². The molecule has 1 heterocycles. The second kappa shape index (κ2) is 5.91. The van der Waals surface area contributed by atoms with Crippen LogP contribution in [0.3, 0.4) is 0 Å². The molecule has 0 saturated heterocycles. The molecular weight excluding hydrogens is 206 g/mol. The van der Waals surface area contributed by atoms with Gasteiger partial charge >= 0.3 is 0 Å². The summed E-state index contributed by atoms with van der Waals surface area (Å²) in [4.78, 5) is 11.6. The molecule has 5 nitrogen and oxygen atoms in total. The van der Waals surface area contributed by atoms with Crippen LogP contribution in [-0.2, 0) is 11.3 Å². The van der Waals surface area contributed by atoms with Crippen molar-refractivity contribution in [3.63, 3.8) is 0 Å². The van der Waals surface area contributed by atoms with E-state index in [1.807, 2.05) is 13.0 Å². The van der Waals surface area contributed by atoms with Gasteiger partial charge in [0.2, 0.25) is 5.91 Å². The van der Waals surface area contributed by atoms with E-state index < -0.39 is 5.92 Å². The number of hydrogen-bond donors (Lipinski definition) is 1. The number of nitrogens with one attached hydrogen (secondary N) is 1. The van der Waals surface area contributed by atoms with E-state index in [1.165, 1.54) is 0 Å². The molecule has 0 saturated carbocycles. The molecule has 0 aliphatic rings. The summed E-state index contributed by atoms with van der Waals surface area (Å²) >= 11 is 0. The molecule has 0 aliphatic carbocycles. The minimum absolute atomic E-state index is 0.245. The van der Waals surface area contributed by atoms with Gasteiger partial charge in [-0.15, -0.1) is 0 Å². The molecule has 1 N–H and O–H groups in total. The van der Waals surface area contributed by atoms with Crippen LogP contribution in [0.1, 0.15) is 31.2 Å². The van der Waals surface area contributed by atoms with Crippen LogP contribution < -0.4 is 5.32 Å². The highest BCUT2D eigenvalue weighted by molar-refractivity contribution is 5.80. The molecule has 1 unspecified atom stereocenters. The Labute approximate surface area is 94.4 Å². The van der Waals surface area contributed by atoms with Crippen molar-refractivity contribution >= 4 is 5.91 Å². The molecule has 5 heteroatoms. The van der Waals surface area contributed by atoms with Crippen LogP contribution in [0, 0.1) is 24.2 Å². The van der Waals surface area contributed by atoms with Gasteiger partial charge in [0.1, 0.15) is 17.4 Å². The van der Waals surface area contributed by atoms with Crippen molar-refractivity contribution in [2.75, 3.05) is 0 Å². The van der Waals surface area contributed by atoms with Gasteiger partial charge in [-0.3, -0.25) is 4.79 Å². The van der Waals surface area contributed by atoms with E-state index in [0.29, 0.717) is 24.4 Å². The van der Waals surface area contributed by atoms with Crippen LogP contribution in [0.4, 0.5) is 0 Å². The molecule has 1 atom stereocenters. The first kappa shape index (κ1) is 12.2. The lowest BCUT2D eigenvalue weighted by atomic mass is 10.1. The SMILES string of the molecule is CCCC(C#N)C(=O)NCc1cc(C)on1. The van der Waals surface area contributed by atoms with Crippen molar-refractivity contribution in [3.05, 3.63) is 17.5 Å². The second-order valence-electron chi connectivity index (χ2n) is 3.62. The summed E-state index contributed by atoms with van der Waals surface area (Å²) in [5.41, 5.74) is 0.666. The monoisotopic (exact) mass is 221 g/mol. The maximum Gasteiger partial charge on any atom is 0.237 e. The van der Waals surface area contributed by atoms with Crippen molar-refractivity contribution in [2.24, 2.45) is 5.92 Å². The molecule has 0 radical (unpaired) electrons. The predicted octanol–water partition coefficient (Wildman–Crippen LogP) is 1.54. The second-order valence-corrected chi connectivity index (χ2v) is 3.62. The lowest BCUT2D eigenvalue weighted by Crippen LogP contribution is -2.29. The topological polar surface area (TPSA) is 78.9 Å². The summed E-state index contributed by atoms with van der Waals surface area (Å²) in [6, 6.07) is 3.74. The minimum atomic E-state index is -0.571. The number of aryl methyl sites for hydroxylation is 1. The zero-order valence-corrected chi connectivity index (χ0v) is 9.49. The molecule has 1 rings (SSSR count). The largest absolute Gasteiger partial charge is 0.361 e. The minimum Gasteiger partial charge on any atom is -0.361 e. The predicted molar refractivity (Wildman–Crippen MR) is 57.1 cm³/mol. The standard InChI is InChI=1S/C11H15N3O2/c1-3-4-9(6-12)11(15)13-7-10-5-8(2)16-14-10/h5,9H,3-4,7H2,1-2H3,(H,13,15). The highest BCUT2D eigenvalue weighted by Crippen LogP contribution is 2.06. The fraction of sp³-hybridized carbons (Fsp3) is 0.545. The molecular formula is C11H15N3O2. The molecule has 0 spiro atoms. The number of carbonyl (C=O) groups excluding carboxylic acids is 1. The van der Waals surface area contributed by atoms with Crippen molar-refractivity contribution in [3.8, 4) is 6.07 Å². The number of hydrogen-bond acceptors (Lipinski definition) is 4. The quantitative estimate of drug-likeness (QED) is 0.817. The zero-order chi connectivity index (χ0) is 12.0. The van der Waals surface area contributed by atoms with Crippen LogP contribution in [-0.4, -0.2) is 11.1 Å². The van der Waals surface area contributed by atoms with Gasteiger partial charge in [-0.1, -0.05) is 18.5 Å². The lowest BCUT2D eigenvalue weighted by molar-refractivity contribution is -0.123.